The Hall–Kier alpha value is -4.44. The number of alkyl carbamates (subject to hydrolysis) is 1. The van der Waals surface area contributed by atoms with Crippen molar-refractivity contribution in [3.63, 3.8) is 0 Å². The summed E-state index contributed by atoms with van der Waals surface area (Å²) in [5, 5.41) is 6.91. The van der Waals surface area contributed by atoms with Crippen molar-refractivity contribution in [2.45, 2.75) is 39.4 Å². The van der Waals surface area contributed by atoms with Gasteiger partial charge in [-0.3, -0.25) is 4.79 Å². The van der Waals surface area contributed by atoms with E-state index in [1.165, 1.54) is 23.4 Å². The van der Waals surface area contributed by atoms with Crippen molar-refractivity contribution < 1.29 is 23.5 Å². The molecule has 0 saturated carbocycles. The molecular formula is C30H31ClFN5O4. The molecule has 9 nitrogen and oxygen atoms in total. The average molecular weight is 580 g/mol. The number of ether oxygens (including phenoxy) is 2. The third kappa shape index (κ3) is 8.28. The first kappa shape index (κ1) is 29.5. The molecule has 214 valence electrons. The Morgan fingerprint density at radius 2 is 1.85 bits per heavy atom. The molecule has 0 saturated heterocycles. The van der Waals surface area contributed by atoms with Gasteiger partial charge in [0.15, 0.2) is 0 Å². The molecule has 4 rings (SSSR count). The number of anilines is 3. The molecule has 0 radical (unpaired) electrons. The van der Waals surface area contributed by atoms with Crippen LogP contribution in [0.15, 0.2) is 67.0 Å². The van der Waals surface area contributed by atoms with Crippen molar-refractivity contribution in [3.05, 3.63) is 83.4 Å². The molecule has 0 spiro atoms. The average Bonchev–Trinajstić information content (AvgIpc) is 2.91. The predicted octanol–water partition coefficient (Wildman–Crippen LogP) is 6.62. The lowest BCUT2D eigenvalue weighted by Crippen LogP contribution is -2.35. The van der Waals surface area contributed by atoms with Crippen LogP contribution in [0.1, 0.15) is 32.8 Å². The van der Waals surface area contributed by atoms with Gasteiger partial charge in [-0.1, -0.05) is 23.7 Å². The number of amides is 2. The smallest absolute Gasteiger partial charge is 0.407 e. The van der Waals surface area contributed by atoms with Crippen LogP contribution in [0, 0.1) is 5.82 Å². The van der Waals surface area contributed by atoms with Gasteiger partial charge in [0.2, 0.25) is 5.91 Å². The minimum absolute atomic E-state index is 0.0936. The Morgan fingerprint density at radius 3 is 2.59 bits per heavy atom. The summed E-state index contributed by atoms with van der Waals surface area (Å²) in [7, 11) is 1.66. The minimum Gasteiger partial charge on any atom is -0.487 e. The lowest BCUT2D eigenvalue weighted by Gasteiger charge is -2.21. The fourth-order valence-corrected chi connectivity index (χ4v) is 4.11. The number of carbonyl (C=O) groups is 2. The largest absolute Gasteiger partial charge is 0.487 e. The summed E-state index contributed by atoms with van der Waals surface area (Å²) in [5.41, 5.74) is 2.05. The fraction of sp³-hybridized carbons (Fsp3) is 0.267. The van der Waals surface area contributed by atoms with Gasteiger partial charge in [-0.15, -0.1) is 0 Å². The van der Waals surface area contributed by atoms with E-state index in [9.17, 15) is 14.0 Å². The summed E-state index contributed by atoms with van der Waals surface area (Å²) in [6.45, 7) is 5.63. The molecule has 4 aromatic rings. The van der Waals surface area contributed by atoms with E-state index in [1.54, 1.807) is 70.3 Å². The molecule has 0 aliphatic rings. The van der Waals surface area contributed by atoms with E-state index >= 15 is 0 Å². The first-order valence-corrected chi connectivity index (χ1v) is 13.3. The molecule has 0 unspecified atom stereocenters. The first-order chi connectivity index (χ1) is 19.5. The molecule has 2 amide bonds. The van der Waals surface area contributed by atoms with E-state index in [2.05, 4.69) is 20.6 Å². The van der Waals surface area contributed by atoms with E-state index < -0.39 is 11.7 Å². The summed E-state index contributed by atoms with van der Waals surface area (Å²) in [5.74, 6) is 0.460. The quantitative estimate of drug-likeness (QED) is 0.229. The number of benzene rings is 3. The first-order valence-electron chi connectivity index (χ1n) is 12.9. The van der Waals surface area contributed by atoms with Crippen molar-refractivity contribution in [2.75, 3.05) is 23.8 Å². The van der Waals surface area contributed by atoms with Crippen LogP contribution in [0.25, 0.3) is 10.9 Å². The Kier molecular flexibility index (Phi) is 9.24. The minimum atomic E-state index is -0.616. The highest BCUT2D eigenvalue weighted by Gasteiger charge is 2.17. The maximum Gasteiger partial charge on any atom is 0.407 e. The van der Waals surface area contributed by atoms with Crippen LogP contribution >= 0.6 is 11.6 Å². The van der Waals surface area contributed by atoms with Crippen molar-refractivity contribution in [1.29, 1.82) is 0 Å². The Balaban J connectivity index is 1.43. The second-order valence-corrected chi connectivity index (χ2v) is 10.7. The number of carbonyl (C=O) groups excluding carboxylic acids is 2. The summed E-state index contributed by atoms with van der Waals surface area (Å²) in [6, 6.07) is 16.8. The molecule has 0 aliphatic heterocycles. The van der Waals surface area contributed by atoms with Crippen LogP contribution in [-0.4, -0.2) is 41.2 Å². The third-order valence-electron chi connectivity index (χ3n) is 5.87. The number of hydrogen-bond donors (Lipinski definition) is 2. The van der Waals surface area contributed by atoms with Gasteiger partial charge in [-0.25, -0.2) is 19.2 Å². The van der Waals surface area contributed by atoms with Gasteiger partial charge in [-0.2, -0.15) is 0 Å². The van der Waals surface area contributed by atoms with Crippen LogP contribution in [-0.2, 0) is 16.1 Å². The number of halogens is 2. The van der Waals surface area contributed by atoms with Crippen molar-refractivity contribution in [3.8, 4) is 5.75 Å². The zero-order valence-corrected chi connectivity index (χ0v) is 24.0. The van der Waals surface area contributed by atoms with E-state index in [0.29, 0.717) is 44.4 Å². The molecule has 0 atom stereocenters. The summed E-state index contributed by atoms with van der Waals surface area (Å²) in [6.07, 6.45) is 0.966. The second-order valence-electron chi connectivity index (χ2n) is 10.2. The van der Waals surface area contributed by atoms with E-state index in [-0.39, 0.29) is 31.3 Å². The van der Waals surface area contributed by atoms with E-state index in [1.807, 2.05) is 6.07 Å². The number of aromatic nitrogens is 2. The number of hydrogen-bond acceptors (Lipinski definition) is 7. The predicted molar refractivity (Wildman–Crippen MR) is 157 cm³/mol. The maximum atomic E-state index is 13.4. The molecule has 2 N–H and O–H groups in total. The molecular weight excluding hydrogens is 549 g/mol. The molecule has 3 aromatic carbocycles. The number of nitrogens with one attached hydrogen (secondary N) is 2. The lowest BCUT2D eigenvalue weighted by atomic mass is 10.2. The summed E-state index contributed by atoms with van der Waals surface area (Å²) >= 11 is 6.46. The van der Waals surface area contributed by atoms with Gasteiger partial charge < -0.3 is 25.0 Å². The molecule has 1 aromatic heterocycles. The maximum absolute atomic E-state index is 13.4. The monoisotopic (exact) mass is 579 g/mol. The molecule has 0 aliphatic carbocycles. The number of rotatable bonds is 9. The molecule has 41 heavy (non-hydrogen) atoms. The van der Waals surface area contributed by atoms with E-state index in [0.717, 1.165) is 0 Å². The molecule has 11 heteroatoms. The Morgan fingerprint density at radius 1 is 1.05 bits per heavy atom. The zero-order chi connectivity index (χ0) is 29.6. The van der Waals surface area contributed by atoms with Crippen LogP contribution in [0.4, 0.5) is 26.4 Å². The van der Waals surface area contributed by atoms with Crippen LogP contribution in [0.5, 0.6) is 5.75 Å². The number of nitrogens with zero attached hydrogens (tertiary/aromatic N) is 3. The SMILES string of the molecule is CN(C(=O)CCNC(=O)OC(C)(C)C)c1ccc2ncnc(Nc3ccc(OCc4cccc(F)c4)c(Cl)c3)c2c1. The topological polar surface area (TPSA) is 106 Å². The number of fused-ring (bicyclic) bond motifs is 1. The second kappa shape index (κ2) is 12.8. The normalized spacial score (nSPS) is 11.2. The molecule has 1 heterocycles. The van der Waals surface area contributed by atoms with Gasteiger partial charge in [0, 0.05) is 36.8 Å². The van der Waals surface area contributed by atoms with Gasteiger partial charge in [0.05, 0.1) is 10.5 Å². The van der Waals surface area contributed by atoms with Gasteiger partial charge >= 0.3 is 6.09 Å². The zero-order valence-electron chi connectivity index (χ0n) is 23.2. The highest BCUT2D eigenvalue weighted by atomic mass is 35.5. The summed E-state index contributed by atoms with van der Waals surface area (Å²) in [4.78, 5) is 34.9. The molecule has 0 bridgehead atoms. The summed E-state index contributed by atoms with van der Waals surface area (Å²) < 4.78 is 24.4. The fourth-order valence-electron chi connectivity index (χ4n) is 3.87. The van der Waals surface area contributed by atoms with E-state index in [4.69, 9.17) is 21.1 Å². The van der Waals surface area contributed by atoms with Crippen molar-refractivity contribution in [2.24, 2.45) is 0 Å². The van der Waals surface area contributed by atoms with Crippen LogP contribution in [0.3, 0.4) is 0 Å². The van der Waals surface area contributed by atoms with Gasteiger partial charge in [-0.05, 0) is 74.9 Å². The Labute approximate surface area is 242 Å². The standard InChI is InChI=1S/C30H31ClFN5O4/c1-30(2,3)41-29(39)33-13-12-27(38)37(4)22-9-10-25-23(16-22)28(35-18-34-25)36-21-8-11-26(24(31)15-21)40-17-19-6-5-7-20(32)14-19/h5-11,14-16,18H,12-13,17H2,1-4H3,(H,33,39)(H,34,35,36). The third-order valence-corrected chi connectivity index (χ3v) is 6.16. The van der Waals surface area contributed by atoms with Crippen molar-refractivity contribution >= 4 is 51.7 Å². The lowest BCUT2D eigenvalue weighted by molar-refractivity contribution is -0.118. The van der Waals surface area contributed by atoms with Gasteiger partial charge in [0.25, 0.3) is 0 Å². The highest BCUT2D eigenvalue weighted by molar-refractivity contribution is 6.32. The Bertz CT molecular complexity index is 1560. The van der Waals surface area contributed by atoms with Crippen LogP contribution < -0.4 is 20.3 Å². The van der Waals surface area contributed by atoms with Gasteiger partial charge in [0.1, 0.15) is 35.9 Å². The highest BCUT2D eigenvalue weighted by Crippen LogP contribution is 2.32. The van der Waals surface area contributed by atoms with Crippen LogP contribution in [0.2, 0.25) is 5.02 Å². The molecule has 0 fully saturated rings. The van der Waals surface area contributed by atoms with Crippen molar-refractivity contribution in [1.82, 2.24) is 15.3 Å².